The average molecular weight is 191 g/mol. The van der Waals surface area contributed by atoms with E-state index in [-0.39, 0.29) is 0 Å². The maximum absolute atomic E-state index is 4.07. The lowest BCUT2D eigenvalue weighted by atomic mass is 10.6. The minimum absolute atomic E-state index is 1.06. The van der Waals surface area contributed by atoms with Gasteiger partial charge in [0.15, 0.2) is 0 Å². The molecule has 0 aliphatic heterocycles. The molecular weight excluding hydrogens is 182 g/mol. The van der Waals surface area contributed by atoms with Gasteiger partial charge in [-0.25, -0.2) is 4.98 Å². The van der Waals surface area contributed by atoms with Crippen molar-refractivity contribution in [3.8, 4) is 0 Å². The number of aromatic amines is 2. The summed E-state index contributed by atoms with van der Waals surface area (Å²) in [4.78, 5) is 9.89. The first-order valence-electron chi connectivity index (χ1n) is 3.90. The lowest BCUT2D eigenvalue weighted by Gasteiger charge is -1.61. The van der Waals surface area contributed by atoms with Crippen molar-refractivity contribution in [3.63, 3.8) is 0 Å². The van der Waals surface area contributed by atoms with E-state index < -0.39 is 0 Å². The van der Waals surface area contributed by atoms with Crippen molar-refractivity contribution in [2.24, 2.45) is 0 Å². The fourth-order valence-corrected chi connectivity index (χ4v) is 1.60. The van der Waals surface area contributed by atoms with E-state index in [0.717, 1.165) is 5.52 Å². The third kappa shape index (κ3) is 1.97. The zero-order chi connectivity index (χ0) is 8.93. The third-order valence-corrected chi connectivity index (χ3v) is 2.35. The maximum atomic E-state index is 4.07. The molecule has 0 aliphatic rings. The molecule has 0 atom stereocenters. The summed E-state index contributed by atoms with van der Waals surface area (Å²) in [6, 6.07) is 3.89. The summed E-state index contributed by atoms with van der Waals surface area (Å²) >= 11 is 1.65. The first-order valence-corrected chi connectivity index (χ1v) is 4.78. The zero-order valence-electron chi connectivity index (χ0n) is 6.90. The molecule has 66 valence electrons. The van der Waals surface area contributed by atoms with Crippen molar-refractivity contribution in [2.75, 3.05) is 0 Å². The number of thiazole rings is 1. The van der Waals surface area contributed by atoms with Gasteiger partial charge in [0.05, 0.1) is 15.7 Å². The number of nitrogens with zero attached hydrogens (tertiary/aromatic N) is 1. The van der Waals surface area contributed by atoms with Gasteiger partial charge in [-0.3, -0.25) is 0 Å². The second-order valence-electron chi connectivity index (χ2n) is 2.44. The zero-order valence-corrected chi connectivity index (χ0v) is 7.71. The van der Waals surface area contributed by atoms with Gasteiger partial charge in [0.1, 0.15) is 0 Å². The summed E-state index contributed by atoms with van der Waals surface area (Å²) in [5, 5.41) is 0. The number of hydrogen-bond donors (Lipinski definition) is 2. The van der Waals surface area contributed by atoms with Gasteiger partial charge in [-0.05, 0) is 12.1 Å². The number of H-pyrrole nitrogens is 2. The molecule has 3 heterocycles. The highest BCUT2D eigenvalue weighted by molar-refractivity contribution is 7.16. The van der Waals surface area contributed by atoms with Crippen LogP contribution in [0.3, 0.4) is 0 Å². The lowest BCUT2D eigenvalue weighted by Crippen LogP contribution is -1.52. The topological polar surface area (TPSA) is 44.5 Å². The number of hydrogen-bond acceptors (Lipinski definition) is 2. The minimum Gasteiger partial charge on any atom is -0.368 e. The van der Waals surface area contributed by atoms with E-state index in [1.807, 2.05) is 42.4 Å². The Balaban J connectivity index is 0.000000113. The molecule has 3 aromatic heterocycles. The molecule has 0 spiro atoms. The molecule has 3 nitrogen and oxygen atoms in total. The van der Waals surface area contributed by atoms with Gasteiger partial charge in [0.2, 0.25) is 0 Å². The molecule has 0 fully saturated rings. The van der Waals surface area contributed by atoms with Crippen LogP contribution in [0.15, 0.2) is 42.4 Å². The van der Waals surface area contributed by atoms with Crippen LogP contribution in [0.4, 0.5) is 0 Å². The van der Waals surface area contributed by atoms with E-state index in [2.05, 4.69) is 15.0 Å². The second-order valence-corrected chi connectivity index (χ2v) is 3.33. The molecule has 0 saturated heterocycles. The number of rotatable bonds is 0. The van der Waals surface area contributed by atoms with Crippen molar-refractivity contribution in [1.82, 2.24) is 15.0 Å². The van der Waals surface area contributed by atoms with Crippen molar-refractivity contribution in [1.29, 1.82) is 0 Å². The molecular formula is C9H9N3S. The van der Waals surface area contributed by atoms with E-state index in [9.17, 15) is 0 Å². The standard InChI is InChI=1S/C5H4N2S.C4H5N/c1-4-5(2-6-1)8-3-7-4;1-2-4-5-3-1/h1-3,6H;1-5H. The largest absolute Gasteiger partial charge is 0.368 e. The van der Waals surface area contributed by atoms with Crippen LogP contribution in [0.2, 0.25) is 0 Å². The molecule has 4 heteroatoms. The van der Waals surface area contributed by atoms with Crippen LogP contribution in [0.25, 0.3) is 10.2 Å². The van der Waals surface area contributed by atoms with Gasteiger partial charge >= 0.3 is 0 Å². The molecule has 13 heavy (non-hydrogen) atoms. The number of nitrogens with one attached hydrogen (secondary N) is 2. The Hall–Kier alpha value is -1.55. The fraction of sp³-hybridized carbons (Fsp3) is 0. The quantitative estimate of drug-likeness (QED) is 0.563. The Morgan fingerprint density at radius 1 is 1.08 bits per heavy atom. The van der Waals surface area contributed by atoms with Gasteiger partial charge in [-0.2, -0.15) is 0 Å². The van der Waals surface area contributed by atoms with Crippen LogP contribution in [0.5, 0.6) is 0 Å². The van der Waals surface area contributed by atoms with Gasteiger partial charge in [0, 0.05) is 24.8 Å². The van der Waals surface area contributed by atoms with E-state index in [4.69, 9.17) is 0 Å². The van der Waals surface area contributed by atoms with Gasteiger partial charge < -0.3 is 9.97 Å². The van der Waals surface area contributed by atoms with Crippen LogP contribution in [0.1, 0.15) is 0 Å². The summed E-state index contributed by atoms with van der Waals surface area (Å²) in [5.41, 5.74) is 2.91. The van der Waals surface area contributed by atoms with Crippen molar-refractivity contribution in [2.45, 2.75) is 0 Å². The summed E-state index contributed by atoms with van der Waals surface area (Å²) in [7, 11) is 0. The molecule has 0 saturated carbocycles. The van der Waals surface area contributed by atoms with Gasteiger partial charge in [-0.15, -0.1) is 11.3 Å². The Kier molecular flexibility index (Phi) is 2.43. The highest BCUT2D eigenvalue weighted by atomic mass is 32.1. The molecule has 0 aliphatic carbocycles. The third-order valence-electron chi connectivity index (χ3n) is 1.55. The SMILES string of the molecule is c1cc[nH]c1.c1nc2c[nH]cc2s1. The predicted octanol–water partition coefficient (Wildman–Crippen LogP) is 2.64. The lowest BCUT2D eigenvalue weighted by molar-refractivity contribution is 1.40. The normalized spacial score (nSPS) is 9.54. The molecule has 3 aromatic rings. The summed E-state index contributed by atoms with van der Waals surface area (Å²) < 4.78 is 1.23. The number of fused-ring (bicyclic) bond motifs is 1. The van der Waals surface area contributed by atoms with Crippen LogP contribution in [0, 0.1) is 0 Å². The Bertz CT molecular complexity index is 370. The minimum atomic E-state index is 1.06. The van der Waals surface area contributed by atoms with Crippen molar-refractivity contribution >= 4 is 21.6 Å². The second kappa shape index (κ2) is 3.91. The molecule has 0 unspecified atom stereocenters. The Morgan fingerprint density at radius 3 is 2.54 bits per heavy atom. The van der Waals surface area contributed by atoms with E-state index in [1.165, 1.54) is 4.70 Å². The molecule has 2 N–H and O–H groups in total. The molecule has 0 radical (unpaired) electrons. The van der Waals surface area contributed by atoms with E-state index in [0.29, 0.717) is 0 Å². The van der Waals surface area contributed by atoms with E-state index >= 15 is 0 Å². The first kappa shape index (κ1) is 8.07. The van der Waals surface area contributed by atoms with Crippen LogP contribution in [-0.2, 0) is 0 Å². The molecule has 0 amide bonds. The Morgan fingerprint density at radius 2 is 1.92 bits per heavy atom. The predicted molar refractivity (Wildman–Crippen MR) is 54.8 cm³/mol. The van der Waals surface area contributed by atoms with Gasteiger partial charge in [0.25, 0.3) is 0 Å². The maximum Gasteiger partial charge on any atom is 0.0986 e. The summed E-state index contributed by atoms with van der Waals surface area (Å²) in [6.45, 7) is 0. The van der Waals surface area contributed by atoms with Crippen molar-refractivity contribution < 1.29 is 0 Å². The van der Waals surface area contributed by atoms with Crippen LogP contribution < -0.4 is 0 Å². The smallest absolute Gasteiger partial charge is 0.0986 e. The van der Waals surface area contributed by atoms with E-state index in [1.54, 1.807) is 11.3 Å². The monoisotopic (exact) mass is 191 g/mol. The molecule has 3 rings (SSSR count). The average Bonchev–Trinajstić information content (AvgIpc) is 2.84. The number of aromatic nitrogens is 3. The Labute approximate surface area is 79.5 Å². The highest BCUT2D eigenvalue weighted by Gasteiger charge is 1.91. The molecule has 0 aromatic carbocycles. The van der Waals surface area contributed by atoms with Crippen LogP contribution in [-0.4, -0.2) is 15.0 Å². The first-order chi connectivity index (χ1) is 6.47. The summed E-state index contributed by atoms with van der Waals surface area (Å²) in [6.07, 6.45) is 7.60. The molecule has 0 bridgehead atoms. The van der Waals surface area contributed by atoms with Crippen molar-refractivity contribution in [3.05, 3.63) is 42.4 Å². The summed E-state index contributed by atoms with van der Waals surface area (Å²) in [5.74, 6) is 0. The fourth-order valence-electron chi connectivity index (χ4n) is 0.954. The van der Waals surface area contributed by atoms with Gasteiger partial charge in [-0.1, -0.05) is 0 Å². The van der Waals surface area contributed by atoms with Crippen LogP contribution >= 0.6 is 11.3 Å². The highest BCUT2D eigenvalue weighted by Crippen LogP contribution is 2.14.